The molecule has 0 saturated heterocycles. The van der Waals surface area contributed by atoms with E-state index < -0.39 is 0 Å². The fourth-order valence-electron chi connectivity index (χ4n) is 1.13. The van der Waals surface area contributed by atoms with Gasteiger partial charge in [0.25, 0.3) is 0 Å². The number of rotatable bonds is 3. The van der Waals surface area contributed by atoms with Crippen LogP contribution >= 0.6 is 0 Å². The van der Waals surface area contributed by atoms with Crippen LogP contribution in [0.15, 0.2) is 59.7 Å². The largest absolute Gasteiger partial charge is 2.00 e. The summed E-state index contributed by atoms with van der Waals surface area (Å²) in [7, 11) is 0. The van der Waals surface area contributed by atoms with E-state index in [-0.39, 0.29) is 17.1 Å². The van der Waals surface area contributed by atoms with Crippen molar-refractivity contribution in [3.8, 4) is 0 Å². The first-order chi connectivity index (χ1) is 7.43. The van der Waals surface area contributed by atoms with E-state index >= 15 is 0 Å². The minimum absolute atomic E-state index is 0. The number of azide groups is 1. The van der Waals surface area contributed by atoms with Gasteiger partial charge in [-0.25, -0.2) is 24.3 Å². The molecular weight excluding hydrogens is 242 g/mol. The summed E-state index contributed by atoms with van der Waals surface area (Å²) in [5.74, 6) is 0. The van der Waals surface area contributed by atoms with Gasteiger partial charge in [0.1, 0.15) is 0 Å². The summed E-state index contributed by atoms with van der Waals surface area (Å²) < 4.78 is 0. The zero-order valence-electron chi connectivity index (χ0n) is 8.81. The van der Waals surface area contributed by atoms with Crippen molar-refractivity contribution in [2.75, 3.05) is 6.54 Å². The van der Waals surface area contributed by atoms with Gasteiger partial charge in [-0.15, -0.1) is 0 Å². The van der Waals surface area contributed by atoms with Crippen molar-refractivity contribution < 1.29 is 17.1 Å². The third-order valence-electron chi connectivity index (χ3n) is 1.85. The molecule has 84 valence electrons. The molecule has 0 aromatic heterocycles. The van der Waals surface area contributed by atoms with Gasteiger partial charge >= 0.3 is 17.1 Å². The van der Waals surface area contributed by atoms with Crippen molar-refractivity contribution in [1.82, 2.24) is 0 Å². The van der Waals surface area contributed by atoms with Crippen LogP contribution in [0, 0.1) is 0 Å². The maximum absolute atomic E-state index is 7.95. The van der Waals surface area contributed by atoms with Crippen LogP contribution in [0.3, 0.4) is 0 Å². The molecule has 2 rings (SSSR count). The Balaban J connectivity index is 0.000000318. The van der Waals surface area contributed by atoms with Crippen molar-refractivity contribution >= 4 is 0 Å². The van der Waals surface area contributed by atoms with Crippen molar-refractivity contribution in [2.45, 2.75) is 6.42 Å². The molecule has 0 bridgehead atoms. The van der Waals surface area contributed by atoms with Crippen molar-refractivity contribution in [1.29, 1.82) is 0 Å². The molecule has 3 nitrogen and oxygen atoms in total. The van der Waals surface area contributed by atoms with Gasteiger partial charge in [0.15, 0.2) is 0 Å². The zero-order valence-corrected chi connectivity index (χ0v) is 9.91. The Morgan fingerprint density at radius 1 is 1.12 bits per heavy atom. The molecule has 0 atom stereocenters. The Hall–Kier alpha value is -1.47. The standard InChI is InChI=1S/C7H8N3.C5H5.Fe/c8-10-9-6-5-7-3-1-2-4-7;1-2-4-5-3-1;/h1-4H,5-6H2;1-5H;/q2*-1;+2. The van der Waals surface area contributed by atoms with Crippen LogP contribution in [0.25, 0.3) is 10.4 Å². The molecular formula is C12H13FeN3. The summed E-state index contributed by atoms with van der Waals surface area (Å²) in [6.45, 7) is 0.556. The average molecular weight is 255 g/mol. The third kappa shape index (κ3) is 6.91. The minimum atomic E-state index is 0. The van der Waals surface area contributed by atoms with E-state index in [0.29, 0.717) is 6.54 Å². The SMILES string of the molecule is [Fe+2].[N-]=[N+]=NCC[c-]1cccc1.c1cc[cH-]c1. The van der Waals surface area contributed by atoms with E-state index in [0.717, 1.165) is 6.42 Å². The second kappa shape index (κ2) is 10.1. The normalized spacial score (nSPS) is 8.00. The molecule has 0 saturated carbocycles. The van der Waals surface area contributed by atoms with Crippen LogP contribution in [0.2, 0.25) is 0 Å². The van der Waals surface area contributed by atoms with Gasteiger partial charge in [-0.3, -0.25) is 0 Å². The molecule has 0 spiro atoms. The Morgan fingerprint density at radius 3 is 2.19 bits per heavy atom. The summed E-state index contributed by atoms with van der Waals surface area (Å²) in [4.78, 5) is 2.66. The summed E-state index contributed by atoms with van der Waals surface area (Å²) >= 11 is 0. The number of nitrogens with zero attached hydrogens (tertiary/aromatic N) is 3. The zero-order chi connectivity index (χ0) is 10.8. The van der Waals surface area contributed by atoms with Gasteiger partial charge in [-0.2, -0.15) is 35.9 Å². The number of hydrogen-bond donors (Lipinski definition) is 0. The topological polar surface area (TPSA) is 48.8 Å². The molecule has 2 aromatic carbocycles. The predicted molar refractivity (Wildman–Crippen MR) is 61.8 cm³/mol. The fourth-order valence-corrected chi connectivity index (χ4v) is 1.13. The van der Waals surface area contributed by atoms with E-state index in [1.165, 1.54) is 5.56 Å². The van der Waals surface area contributed by atoms with E-state index in [1.54, 1.807) is 0 Å². The van der Waals surface area contributed by atoms with Crippen LogP contribution in [-0.2, 0) is 23.5 Å². The predicted octanol–water partition coefficient (Wildman–Crippen LogP) is 3.66. The fraction of sp³-hybridized carbons (Fsp3) is 0.167. The molecule has 0 heterocycles. The molecule has 0 aliphatic heterocycles. The summed E-state index contributed by atoms with van der Waals surface area (Å²) in [5, 5.41) is 3.43. The molecule has 2 aromatic rings. The maximum Gasteiger partial charge on any atom is 2.00 e. The Morgan fingerprint density at radius 2 is 1.75 bits per heavy atom. The van der Waals surface area contributed by atoms with E-state index in [1.807, 2.05) is 54.6 Å². The Kier molecular flexibility index (Phi) is 9.14. The van der Waals surface area contributed by atoms with Crippen LogP contribution in [0.4, 0.5) is 0 Å². The molecule has 0 amide bonds. The average Bonchev–Trinajstić information content (AvgIpc) is 2.94. The van der Waals surface area contributed by atoms with Gasteiger partial charge in [0, 0.05) is 11.5 Å². The van der Waals surface area contributed by atoms with E-state index in [9.17, 15) is 0 Å². The molecule has 0 radical (unpaired) electrons. The minimum Gasteiger partial charge on any atom is -0.214 e. The second-order valence-electron chi connectivity index (χ2n) is 2.96. The summed E-state index contributed by atoms with van der Waals surface area (Å²) in [6, 6.07) is 18.0. The Labute approximate surface area is 106 Å². The van der Waals surface area contributed by atoms with Crippen LogP contribution in [0.5, 0.6) is 0 Å². The Bertz CT molecular complexity index is 355. The van der Waals surface area contributed by atoms with Gasteiger partial charge < -0.3 is 0 Å². The van der Waals surface area contributed by atoms with Crippen LogP contribution < -0.4 is 0 Å². The second-order valence-corrected chi connectivity index (χ2v) is 2.96. The third-order valence-corrected chi connectivity index (χ3v) is 1.85. The molecule has 0 N–H and O–H groups in total. The summed E-state index contributed by atoms with van der Waals surface area (Å²) in [5.41, 5.74) is 9.18. The van der Waals surface area contributed by atoms with Crippen molar-refractivity contribution in [3.05, 3.63) is 70.6 Å². The van der Waals surface area contributed by atoms with Gasteiger partial charge in [0.05, 0.1) is 0 Å². The molecule has 0 aliphatic rings. The molecule has 16 heavy (non-hydrogen) atoms. The monoisotopic (exact) mass is 255 g/mol. The van der Waals surface area contributed by atoms with Gasteiger partial charge in [-0.1, -0.05) is 11.5 Å². The quantitative estimate of drug-likeness (QED) is 0.264. The molecule has 4 heteroatoms. The van der Waals surface area contributed by atoms with Gasteiger partial charge in [0.2, 0.25) is 0 Å². The van der Waals surface area contributed by atoms with Gasteiger partial charge in [-0.05, 0) is 5.53 Å². The molecule has 0 aliphatic carbocycles. The maximum atomic E-state index is 7.95. The molecule has 0 unspecified atom stereocenters. The summed E-state index contributed by atoms with van der Waals surface area (Å²) in [6.07, 6.45) is 0.844. The van der Waals surface area contributed by atoms with E-state index in [4.69, 9.17) is 5.53 Å². The first kappa shape index (κ1) is 14.5. The first-order valence-electron chi connectivity index (χ1n) is 4.81. The number of hydrogen-bond acceptors (Lipinski definition) is 1. The van der Waals surface area contributed by atoms with Crippen molar-refractivity contribution in [3.63, 3.8) is 0 Å². The molecule has 0 fully saturated rings. The smallest absolute Gasteiger partial charge is 0.214 e. The first-order valence-corrected chi connectivity index (χ1v) is 4.81. The van der Waals surface area contributed by atoms with Crippen LogP contribution in [-0.4, -0.2) is 6.54 Å². The van der Waals surface area contributed by atoms with Crippen LogP contribution in [0.1, 0.15) is 5.56 Å². The van der Waals surface area contributed by atoms with E-state index in [2.05, 4.69) is 10.0 Å². The van der Waals surface area contributed by atoms with Crippen molar-refractivity contribution in [2.24, 2.45) is 5.11 Å².